The van der Waals surface area contributed by atoms with Crippen molar-refractivity contribution >= 4 is 0 Å². The molecule has 0 amide bonds. The second kappa shape index (κ2) is 3.91. The van der Waals surface area contributed by atoms with Gasteiger partial charge in [-0.1, -0.05) is 12.8 Å². The molecule has 0 radical (unpaired) electrons. The largest absolute Gasteiger partial charge is 0.317 e. The predicted molar refractivity (Wildman–Crippen MR) is 40.8 cm³/mol. The van der Waals surface area contributed by atoms with Crippen molar-refractivity contribution in [3.05, 3.63) is 0 Å². The molecule has 0 bridgehead atoms. The van der Waals surface area contributed by atoms with Crippen molar-refractivity contribution in [1.29, 1.82) is 0 Å². The Labute approximate surface area is 62.0 Å². The van der Waals surface area contributed by atoms with Crippen molar-refractivity contribution in [2.45, 2.75) is 31.9 Å². The Morgan fingerprint density at radius 1 is 1.50 bits per heavy atom. The zero-order valence-corrected chi connectivity index (χ0v) is 6.57. The highest BCUT2D eigenvalue weighted by molar-refractivity contribution is 4.75. The first-order chi connectivity index (χ1) is 4.84. The van der Waals surface area contributed by atoms with Gasteiger partial charge in [0.25, 0.3) is 0 Å². The summed E-state index contributed by atoms with van der Waals surface area (Å²) in [4.78, 5) is 0. The molecule has 1 saturated carbocycles. The number of halogens is 1. The molecule has 1 N–H and O–H groups in total. The van der Waals surface area contributed by atoms with Crippen LogP contribution >= 0.6 is 0 Å². The summed E-state index contributed by atoms with van der Waals surface area (Å²) in [5.41, 5.74) is 0. The molecular weight excluding hydrogens is 129 g/mol. The second-order valence-corrected chi connectivity index (χ2v) is 3.12. The topological polar surface area (TPSA) is 12.0 Å². The van der Waals surface area contributed by atoms with E-state index in [1.165, 1.54) is 12.8 Å². The van der Waals surface area contributed by atoms with Crippen LogP contribution in [0.2, 0.25) is 0 Å². The van der Waals surface area contributed by atoms with Crippen molar-refractivity contribution in [1.82, 2.24) is 5.32 Å². The third-order valence-electron chi connectivity index (χ3n) is 2.31. The van der Waals surface area contributed by atoms with Crippen LogP contribution in [0.3, 0.4) is 0 Å². The lowest BCUT2D eigenvalue weighted by molar-refractivity contribution is 0.227. The minimum atomic E-state index is -0.604. The van der Waals surface area contributed by atoms with Crippen LogP contribution in [0.25, 0.3) is 0 Å². The van der Waals surface area contributed by atoms with Gasteiger partial charge in [0.1, 0.15) is 6.17 Å². The molecule has 1 rings (SSSR count). The first-order valence-corrected chi connectivity index (χ1v) is 4.13. The molecule has 0 saturated heterocycles. The van der Waals surface area contributed by atoms with E-state index in [0.717, 1.165) is 12.8 Å². The van der Waals surface area contributed by atoms with Crippen LogP contribution < -0.4 is 5.32 Å². The third kappa shape index (κ3) is 1.94. The van der Waals surface area contributed by atoms with E-state index in [1.54, 1.807) is 0 Å². The summed E-state index contributed by atoms with van der Waals surface area (Å²) in [6.07, 6.45) is 4.06. The summed E-state index contributed by atoms with van der Waals surface area (Å²) in [5.74, 6) is 0.354. The maximum absolute atomic E-state index is 13.0. The van der Waals surface area contributed by atoms with E-state index in [0.29, 0.717) is 12.5 Å². The molecule has 0 heterocycles. The van der Waals surface area contributed by atoms with E-state index in [4.69, 9.17) is 0 Å². The molecule has 1 aliphatic rings. The van der Waals surface area contributed by atoms with Gasteiger partial charge in [0.15, 0.2) is 0 Å². The van der Waals surface area contributed by atoms with Gasteiger partial charge in [0, 0.05) is 6.54 Å². The fourth-order valence-electron chi connectivity index (χ4n) is 1.68. The molecule has 1 unspecified atom stereocenters. The van der Waals surface area contributed by atoms with Gasteiger partial charge in [-0.2, -0.15) is 0 Å². The summed E-state index contributed by atoms with van der Waals surface area (Å²) in [7, 11) is 1.81. The van der Waals surface area contributed by atoms with E-state index in [1.807, 2.05) is 7.05 Å². The van der Waals surface area contributed by atoms with Crippen LogP contribution in [0.15, 0.2) is 0 Å². The fraction of sp³-hybridized carbons (Fsp3) is 1.00. The lowest BCUT2D eigenvalue weighted by Crippen LogP contribution is -2.25. The van der Waals surface area contributed by atoms with E-state index in [2.05, 4.69) is 5.32 Å². The number of hydrogen-bond donors (Lipinski definition) is 1. The van der Waals surface area contributed by atoms with E-state index in [-0.39, 0.29) is 0 Å². The van der Waals surface area contributed by atoms with Crippen molar-refractivity contribution in [2.24, 2.45) is 5.92 Å². The van der Waals surface area contributed by atoms with Crippen LogP contribution in [0, 0.1) is 5.92 Å². The van der Waals surface area contributed by atoms with Gasteiger partial charge in [0.2, 0.25) is 0 Å². The van der Waals surface area contributed by atoms with Crippen LogP contribution in [-0.4, -0.2) is 19.8 Å². The van der Waals surface area contributed by atoms with Crippen molar-refractivity contribution in [3.8, 4) is 0 Å². The minimum absolute atomic E-state index is 0.354. The standard InChI is InChI=1S/C8H16FN/c1-10-6-8(9)7-4-2-3-5-7/h7-8,10H,2-6H2,1H3. The Bertz CT molecular complexity index is 89.3. The Balaban J connectivity index is 2.18. The van der Waals surface area contributed by atoms with Crippen molar-refractivity contribution in [3.63, 3.8) is 0 Å². The smallest absolute Gasteiger partial charge is 0.115 e. The molecule has 0 aliphatic heterocycles. The molecule has 10 heavy (non-hydrogen) atoms. The summed E-state index contributed by atoms with van der Waals surface area (Å²) in [6, 6.07) is 0. The SMILES string of the molecule is CNCC(F)C1CCCC1. The lowest BCUT2D eigenvalue weighted by atomic mass is 10.0. The van der Waals surface area contributed by atoms with Crippen molar-refractivity contribution in [2.75, 3.05) is 13.6 Å². The van der Waals surface area contributed by atoms with Gasteiger partial charge in [-0.05, 0) is 25.8 Å². The average molecular weight is 145 g/mol. The normalized spacial score (nSPS) is 23.4. The number of nitrogens with one attached hydrogen (secondary N) is 1. The van der Waals surface area contributed by atoms with E-state index in [9.17, 15) is 4.39 Å². The number of rotatable bonds is 3. The Hall–Kier alpha value is -0.110. The molecule has 0 spiro atoms. The molecule has 0 aromatic carbocycles. The molecule has 2 heteroatoms. The summed E-state index contributed by atoms with van der Waals surface area (Å²) < 4.78 is 13.0. The summed E-state index contributed by atoms with van der Waals surface area (Å²) in [6.45, 7) is 0.532. The summed E-state index contributed by atoms with van der Waals surface area (Å²) >= 11 is 0. The fourth-order valence-corrected chi connectivity index (χ4v) is 1.68. The highest BCUT2D eigenvalue weighted by atomic mass is 19.1. The molecule has 1 atom stereocenters. The van der Waals surface area contributed by atoms with Gasteiger partial charge >= 0.3 is 0 Å². The van der Waals surface area contributed by atoms with Gasteiger partial charge in [-0.3, -0.25) is 0 Å². The highest BCUT2D eigenvalue weighted by Gasteiger charge is 2.23. The molecule has 1 aliphatic carbocycles. The van der Waals surface area contributed by atoms with Gasteiger partial charge in [-0.25, -0.2) is 4.39 Å². The van der Waals surface area contributed by atoms with Crippen molar-refractivity contribution < 1.29 is 4.39 Å². The monoisotopic (exact) mass is 145 g/mol. The van der Waals surface area contributed by atoms with Crippen LogP contribution in [0.5, 0.6) is 0 Å². The van der Waals surface area contributed by atoms with Gasteiger partial charge in [-0.15, -0.1) is 0 Å². The maximum atomic E-state index is 13.0. The quantitative estimate of drug-likeness (QED) is 0.637. The molecule has 0 aromatic heterocycles. The van der Waals surface area contributed by atoms with Crippen LogP contribution in [-0.2, 0) is 0 Å². The number of hydrogen-bond acceptors (Lipinski definition) is 1. The molecule has 1 fully saturated rings. The summed E-state index contributed by atoms with van der Waals surface area (Å²) in [5, 5.41) is 2.87. The third-order valence-corrected chi connectivity index (χ3v) is 2.31. The maximum Gasteiger partial charge on any atom is 0.115 e. The predicted octanol–water partition coefficient (Wildman–Crippen LogP) is 1.73. The number of alkyl halides is 1. The second-order valence-electron chi connectivity index (χ2n) is 3.12. The van der Waals surface area contributed by atoms with Gasteiger partial charge < -0.3 is 5.32 Å². The van der Waals surface area contributed by atoms with Crippen LogP contribution in [0.4, 0.5) is 4.39 Å². The lowest BCUT2D eigenvalue weighted by Gasteiger charge is -2.13. The minimum Gasteiger partial charge on any atom is -0.317 e. The first-order valence-electron chi connectivity index (χ1n) is 4.13. The molecular formula is C8H16FN. The molecule has 0 aromatic rings. The zero-order chi connectivity index (χ0) is 7.40. The van der Waals surface area contributed by atoms with Crippen LogP contribution in [0.1, 0.15) is 25.7 Å². The first kappa shape index (κ1) is 7.99. The Morgan fingerprint density at radius 3 is 2.60 bits per heavy atom. The van der Waals surface area contributed by atoms with E-state index < -0.39 is 6.17 Å². The highest BCUT2D eigenvalue weighted by Crippen LogP contribution is 2.28. The van der Waals surface area contributed by atoms with E-state index >= 15 is 0 Å². The zero-order valence-electron chi connectivity index (χ0n) is 6.57. The molecule has 1 nitrogen and oxygen atoms in total. The Kier molecular flexibility index (Phi) is 3.13. The molecule has 60 valence electrons. The van der Waals surface area contributed by atoms with Gasteiger partial charge in [0.05, 0.1) is 0 Å². The average Bonchev–Trinajstić information content (AvgIpc) is 2.38. The Morgan fingerprint density at radius 2 is 2.10 bits per heavy atom.